The molecule has 0 radical (unpaired) electrons. The third kappa shape index (κ3) is 4.00. The molecular weight excluding hydrogens is 441 g/mol. The van der Waals surface area contributed by atoms with Gasteiger partial charge in [0.05, 0.1) is 0 Å². The molecule has 4 heterocycles. The molecule has 158 valence electrons. The van der Waals surface area contributed by atoms with Crippen molar-refractivity contribution in [3.8, 4) is 29.3 Å². The Hall–Kier alpha value is -1.20. The highest BCUT2D eigenvalue weighted by molar-refractivity contribution is 7.28. The topological polar surface area (TPSA) is 0 Å². The van der Waals surface area contributed by atoms with Crippen molar-refractivity contribution < 1.29 is 0 Å². The fourth-order valence-corrected chi connectivity index (χ4v) is 8.68. The summed E-state index contributed by atoms with van der Waals surface area (Å²) in [5.41, 5.74) is 4.53. The minimum Gasteiger partial charge on any atom is -0.139 e. The maximum absolute atomic E-state index is 2.37. The summed E-state index contributed by atoms with van der Waals surface area (Å²) in [4.78, 5) is 11.4. The van der Waals surface area contributed by atoms with Crippen LogP contribution >= 0.6 is 45.3 Å². The monoisotopic (exact) mass is 470 g/mol. The number of aryl methyl sites for hydroxylation is 1. The van der Waals surface area contributed by atoms with Crippen molar-refractivity contribution in [2.45, 2.75) is 66.7 Å². The average Bonchev–Trinajstić information content (AvgIpc) is 3.41. The van der Waals surface area contributed by atoms with E-state index in [1.807, 2.05) is 45.3 Å². The van der Waals surface area contributed by atoms with Crippen LogP contribution in [0, 0.1) is 20.8 Å². The van der Waals surface area contributed by atoms with Gasteiger partial charge in [0.15, 0.2) is 0 Å². The molecule has 0 N–H and O–H groups in total. The van der Waals surface area contributed by atoms with Crippen LogP contribution in [0.4, 0.5) is 0 Å². The van der Waals surface area contributed by atoms with Crippen LogP contribution < -0.4 is 0 Å². The summed E-state index contributed by atoms with van der Waals surface area (Å²) in [5, 5.41) is 0. The van der Waals surface area contributed by atoms with Crippen molar-refractivity contribution in [1.82, 2.24) is 0 Å². The summed E-state index contributed by atoms with van der Waals surface area (Å²) in [5.74, 6) is 0.591. The van der Waals surface area contributed by atoms with Gasteiger partial charge >= 0.3 is 0 Å². The van der Waals surface area contributed by atoms with E-state index in [4.69, 9.17) is 0 Å². The summed E-state index contributed by atoms with van der Waals surface area (Å²) in [6.45, 7) is 18.3. The minimum atomic E-state index is 0.210. The van der Waals surface area contributed by atoms with E-state index in [9.17, 15) is 0 Å². The largest absolute Gasteiger partial charge is 0.139 e. The molecule has 0 aliphatic rings. The first kappa shape index (κ1) is 22.0. The van der Waals surface area contributed by atoms with Crippen molar-refractivity contribution in [2.75, 3.05) is 0 Å². The van der Waals surface area contributed by atoms with E-state index in [2.05, 4.69) is 85.7 Å². The van der Waals surface area contributed by atoms with Crippen molar-refractivity contribution in [3.05, 3.63) is 56.8 Å². The molecule has 0 amide bonds. The number of thiophene rings is 4. The Balaban J connectivity index is 1.66. The standard InChI is InChI=1S/C26H30S4/c1-14(2)23-16(4)17(5)25(30-23)21-12-10-19(28-21)18-9-11-20(27-18)24-15(3)13-22(29-24)26(6,7)8/h9-14H,1-8H3. The fraction of sp³-hybridized carbons (Fsp3) is 0.385. The van der Waals surface area contributed by atoms with Gasteiger partial charge in [-0.15, -0.1) is 45.3 Å². The first-order valence-electron chi connectivity index (χ1n) is 10.5. The molecule has 0 nitrogen and oxygen atoms in total. The zero-order valence-electron chi connectivity index (χ0n) is 19.1. The normalized spacial score (nSPS) is 12.3. The molecule has 4 aromatic rings. The predicted octanol–water partition coefficient (Wildman–Crippen LogP) is 10.3. The molecule has 0 bridgehead atoms. The zero-order valence-corrected chi connectivity index (χ0v) is 22.4. The summed E-state index contributed by atoms with van der Waals surface area (Å²) < 4.78 is 0. The highest BCUT2D eigenvalue weighted by atomic mass is 32.1. The summed E-state index contributed by atoms with van der Waals surface area (Å²) in [6, 6.07) is 11.6. The van der Waals surface area contributed by atoms with Crippen molar-refractivity contribution in [1.29, 1.82) is 0 Å². The average molecular weight is 471 g/mol. The van der Waals surface area contributed by atoms with E-state index in [-0.39, 0.29) is 5.41 Å². The Kier molecular flexibility index (Phi) is 5.91. The molecule has 0 spiro atoms. The first-order valence-corrected chi connectivity index (χ1v) is 13.7. The second-order valence-corrected chi connectivity index (χ2v) is 13.7. The Labute approximate surface area is 197 Å². The minimum absolute atomic E-state index is 0.210. The lowest BCUT2D eigenvalue weighted by Gasteiger charge is -2.15. The van der Waals surface area contributed by atoms with Gasteiger partial charge in [0, 0.05) is 39.0 Å². The van der Waals surface area contributed by atoms with Crippen LogP contribution in [0.15, 0.2) is 30.3 Å². The van der Waals surface area contributed by atoms with E-state index >= 15 is 0 Å². The second-order valence-electron chi connectivity index (χ2n) is 9.40. The maximum atomic E-state index is 2.37. The van der Waals surface area contributed by atoms with Crippen LogP contribution in [0.1, 0.15) is 67.0 Å². The lowest BCUT2D eigenvalue weighted by molar-refractivity contribution is 0.603. The molecule has 30 heavy (non-hydrogen) atoms. The highest BCUT2D eigenvalue weighted by Gasteiger charge is 2.20. The maximum Gasteiger partial charge on any atom is 0.0477 e. The number of hydrogen-bond acceptors (Lipinski definition) is 4. The molecule has 0 saturated carbocycles. The second kappa shape index (κ2) is 8.05. The third-order valence-corrected chi connectivity index (χ3v) is 11.7. The highest BCUT2D eigenvalue weighted by Crippen LogP contribution is 2.47. The lowest BCUT2D eigenvalue weighted by atomic mass is 9.94. The van der Waals surface area contributed by atoms with Gasteiger partial charge in [0.1, 0.15) is 0 Å². The predicted molar refractivity (Wildman–Crippen MR) is 141 cm³/mol. The fourth-order valence-electron chi connectivity index (χ4n) is 3.69. The molecule has 0 aliphatic heterocycles. The van der Waals surface area contributed by atoms with Crippen LogP contribution in [-0.4, -0.2) is 0 Å². The Morgan fingerprint density at radius 3 is 1.67 bits per heavy atom. The van der Waals surface area contributed by atoms with Gasteiger partial charge in [-0.1, -0.05) is 34.6 Å². The van der Waals surface area contributed by atoms with Crippen LogP contribution in [-0.2, 0) is 5.41 Å². The van der Waals surface area contributed by atoms with Gasteiger partial charge in [-0.3, -0.25) is 0 Å². The quantitative estimate of drug-likeness (QED) is 0.278. The molecule has 0 unspecified atom stereocenters. The summed E-state index contributed by atoms with van der Waals surface area (Å²) in [6.07, 6.45) is 0. The Morgan fingerprint density at radius 2 is 1.20 bits per heavy atom. The third-order valence-electron chi connectivity index (χ3n) is 5.57. The number of hydrogen-bond donors (Lipinski definition) is 0. The molecule has 4 rings (SSSR count). The van der Waals surface area contributed by atoms with E-state index in [0.29, 0.717) is 5.92 Å². The van der Waals surface area contributed by atoms with Gasteiger partial charge in [-0.25, -0.2) is 0 Å². The van der Waals surface area contributed by atoms with Gasteiger partial charge in [-0.2, -0.15) is 0 Å². The van der Waals surface area contributed by atoms with Crippen molar-refractivity contribution in [2.24, 2.45) is 0 Å². The Morgan fingerprint density at radius 1 is 0.667 bits per heavy atom. The van der Waals surface area contributed by atoms with E-state index in [0.717, 1.165) is 0 Å². The first-order chi connectivity index (χ1) is 14.1. The van der Waals surface area contributed by atoms with Crippen LogP contribution in [0.25, 0.3) is 29.3 Å². The summed E-state index contributed by atoms with van der Waals surface area (Å²) in [7, 11) is 0. The van der Waals surface area contributed by atoms with E-state index < -0.39 is 0 Å². The number of rotatable bonds is 4. The molecular formula is C26H30S4. The van der Waals surface area contributed by atoms with Crippen LogP contribution in [0.5, 0.6) is 0 Å². The van der Waals surface area contributed by atoms with Crippen LogP contribution in [0.2, 0.25) is 0 Å². The lowest BCUT2D eigenvalue weighted by Crippen LogP contribution is -2.07. The molecule has 0 aromatic carbocycles. The SMILES string of the molecule is Cc1cc(C(C)(C)C)sc1-c1ccc(-c2ccc(-c3sc(C(C)C)c(C)c3C)s2)s1. The van der Waals surface area contributed by atoms with Gasteiger partial charge in [-0.05, 0) is 79.1 Å². The van der Waals surface area contributed by atoms with Crippen molar-refractivity contribution in [3.63, 3.8) is 0 Å². The van der Waals surface area contributed by atoms with E-state index in [1.54, 1.807) is 0 Å². The summed E-state index contributed by atoms with van der Waals surface area (Å²) >= 11 is 7.80. The van der Waals surface area contributed by atoms with Gasteiger partial charge in [0.25, 0.3) is 0 Å². The molecule has 4 aromatic heterocycles. The molecule has 0 atom stereocenters. The zero-order chi connectivity index (χ0) is 21.8. The van der Waals surface area contributed by atoms with E-state index in [1.165, 1.54) is 55.7 Å². The smallest absolute Gasteiger partial charge is 0.0477 e. The van der Waals surface area contributed by atoms with Crippen molar-refractivity contribution >= 4 is 45.3 Å². The molecule has 0 fully saturated rings. The molecule has 0 aliphatic carbocycles. The van der Waals surface area contributed by atoms with Gasteiger partial charge in [0.2, 0.25) is 0 Å². The Bertz CT molecular complexity index is 1180. The molecule has 4 heteroatoms. The molecule has 0 saturated heterocycles. The van der Waals surface area contributed by atoms with Crippen LogP contribution in [0.3, 0.4) is 0 Å². The van der Waals surface area contributed by atoms with Gasteiger partial charge < -0.3 is 0 Å².